The number of hydrogen-bond donors (Lipinski definition) is 3. The fourth-order valence-electron chi connectivity index (χ4n) is 2.37. The number of amides is 1. The molecule has 0 radical (unpaired) electrons. The Hall–Kier alpha value is -1.43. The van der Waals surface area contributed by atoms with Crippen LogP contribution in [-0.2, 0) is 4.79 Å². The van der Waals surface area contributed by atoms with Crippen molar-refractivity contribution in [1.82, 2.24) is 25.8 Å². The van der Waals surface area contributed by atoms with Crippen molar-refractivity contribution in [1.29, 1.82) is 0 Å². The van der Waals surface area contributed by atoms with Gasteiger partial charge < -0.3 is 10.6 Å². The van der Waals surface area contributed by atoms with Gasteiger partial charge in [-0.05, 0) is 32.2 Å². The van der Waals surface area contributed by atoms with Gasteiger partial charge in [0.25, 0.3) is 0 Å². The average molecular weight is 251 g/mol. The molecule has 0 spiro atoms. The summed E-state index contributed by atoms with van der Waals surface area (Å²) in [5.74, 6) is 1.39. The Morgan fingerprint density at radius 3 is 3.17 bits per heavy atom. The zero-order chi connectivity index (χ0) is 13.0. The van der Waals surface area contributed by atoms with Crippen LogP contribution in [0.5, 0.6) is 0 Å². The molecule has 3 atom stereocenters. The second kappa shape index (κ2) is 5.95. The van der Waals surface area contributed by atoms with E-state index in [2.05, 4.69) is 32.7 Å². The van der Waals surface area contributed by atoms with E-state index in [1.54, 1.807) is 0 Å². The molecule has 0 saturated carbocycles. The van der Waals surface area contributed by atoms with Gasteiger partial charge in [-0.15, -0.1) is 0 Å². The standard InChI is InChI=1S/C12H21N5O/c1-3-9-4-5-13-10(6-9)12(18)16-8(2)11-14-7-15-17-11/h7-10,13H,3-6H2,1-2H3,(H,16,18)(H,14,15,17). The molecule has 1 aliphatic rings. The van der Waals surface area contributed by atoms with Gasteiger partial charge in [-0.3, -0.25) is 9.89 Å². The van der Waals surface area contributed by atoms with E-state index in [-0.39, 0.29) is 18.0 Å². The van der Waals surface area contributed by atoms with Crippen molar-refractivity contribution in [3.8, 4) is 0 Å². The van der Waals surface area contributed by atoms with Crippen molar-refractivity contribution in [2.45, 2.75) is 45.2 Å². The lowest BCUT2D eigenvalue weighted by molar-refractivity contribution is -0.124. The van der Waals surface area contributed by atoms with Gasteiger partial charge in [-0.2, -0.15) is 5.10 Å². The molecular weight excluding hydrogens is 230 g/mol. The highest BCUT2D eigenvalue weighted by atomic mass is 16.2. The molecular formula is C12H21N5O. The monoisotopic (exact) mass is 251 g/mol. The van der Waals surface area contributed by atoms with Crippen LogP contribution in [0.3, 0.4) is 0 Å². The number of hydrogen-bond acceptors (Lipinski definition) is 4. The number of aromatic nitrogens is 3. The van der Waals surface area contributed by atoms with Gasteiger partial charge in [-0.25, -0.2) is 4.98 Å². The molecule has 0 aromatic carbocycles. The number of H-pyrrole nitrogens is 1. The van der Waals surface area contributed by atoms with Crippen LogP contribution < -0.4 is 10.6 Å². The molecule has 3 N–H and O–H groups in total. The Morgan fingerprint density at radius 1 is 1.67 bits per heavy atom. The molecule has 3 unspecified atom stereocenters. The Kier molecular flexibility index (Phi) is 4.30. The van der Waals surface area contributed by atoms with Crippen LogP contribution >= 0.6 is 0 Å². The van der Waals surface area contributed by atoms with Crippen molar-refractivity contribution in [2.75, 3.05) is 6.54 Å². The fourth-order valence-corrected chi connectivity index (χ4v) is 2.37. The molecule has 1 aliphatic heterocycles. The van der Waals surface area contributed by atoms with Gasteiger partial charge >= 0.3 is 0 Å². The van der Waals surface area contributed by atoms with Gasteiger partial charge in [0.1, 0.15) is 12.2 Å². The molecule has 1 amide bonds. The summed E-state index contributed by atoms with van der Waals surface area (Å²) in [6.45, 7) is 5.01. The molecule has 1 aromatic rings. The smallest absolute Gasteiger partial charge is 0.237 e. The van der Waals surface area contributed by atoms with Crippen molar-refractivity contribution in [2.24, 2.45) is 5.92 Å². The van der Waals surface area contributed by atoms with Crippen molar-refractivity contribution in [3.05, 3.63) is 12.2 Å². The van der Waals surface area contributed by atoms with Crippen LogP contribution in [0.15, 0.2) is 6.33 Å². The maximum Gasteiger partial charge on any atom is 0.237 e. The van der Waals surface area contributed by atoms with Crippen LogP contribution in [0.25, 0.3) is 0 Å². The normalized spacial score (nSPS) is 25.7. The minimum atomic E-state index is -0.135. The lowest BCUT2D eigenvalue weighted by Crippen LogP contribution is -2.49. The fraction of sp³-hybridized carbons (Fsp3) is 0.750. The van der Waals surface area contributed by atoms with Gasteiger partial charge in [0.15, 0.2) is 0 Å². The van der Waals surface area contributed by atoms with E-state index in [1.807, 2.05) is 6.92 Å². The lowest BCUT2D eigenvalue weighted by Gasteiger charge is -2.29. The molecule has 0 bridgehead atoms. The van der Waals surface area contributed by atoms with Crippen molar-refractivity contribution in [3.63, 3.8) is 0 Å². The highest BCUT2D eigenvalue weighted by Gasteiger charge is 2.27. The highest BCUT2D eigenvalue weighted by molar-refractivity contribution is 5.82. The third-order valence-electron chi connectivity index (χ3n) is 3.61. The number of aromatic amines is 1. The van der Waals surface area contributed by atoms with E-state index in [0.717, 1.165) is 25.8 Å². The van der Waals surface area contributed by atoms with E-state index < -0.39 is 0 Å². The van der Waals surface area contributed by atoms with Crippen LogP contribution in [0.2, 0.25) is 0 Å². The Balaban J connectivity index is 1.87. The zero-order valence-corrected chi connectivity index (χ0v) is 10.9. The summed E-state index contributed by atoms with van der Waals surface area (Å²) in [6, 6.07) is -0.210. The third-order valence-corrected chi connectivity index (χ3v) is 3.61. The average Bonchev–Trinajstić information content (AvgIpc) is 2.92. The number of piperidine rings is 1. The quantitative estimate of drug-likeness (QED) is 0.738. The number of nitrogens with one attached hydrogen (secondary N) is 3. The number of nitrogens with zero attached hydrogens (tertiary/aromatic N) is 2. The summed E-state index contributed by atoms with van der Waals surface area (Å²) in [4.78, 5) is 16.2. The predicted molar refractivity (Wildman–Crippen MR) is 67.7 cm³/mol. The van der Waals surface area contributed by atoms with Gasteiger partial charge in [0, 0.05) is 0 Å². The van der Waals surface area contributed by atoms with E-state index in [0.29, 0.717) is 11.7 Å². The SMILES string of the molecule is CCC1CCNC(C(=O)NC(C)c2ncn[nH]2)C1. The number of rotatable bonds is 4. The minimum absolute atomic E-state index is 0.0528. The molecule has 2 rings (SSSR count). The Morgan fingerprint density at radius 2 is 2.50 bits per heavy atom. The van der Waals surface area contributed by atoms with Crippen LogP contribution in [0, 0.1) is 5.92 Å². The Bertz CT molecular complexity index is 378. The maximum atomic E-state index is 12.1. The largest absolute Gasteiger partial charge is 0.345 e. The molecule has 1 aromatic heterocycles. The van der Waals surface area contributed by atoms with E-state index in [1.165, 1.54) is 6.33 Å². The maximum absolute atomic E-state index is 12.1. The predicted octanol–water partition coefficient (Wildman–Crippen LogP) is 0.760. The zero-order valence-electron chi connectivity index (χ0n) is 10.9. The summed E-state index contributed by atoms with van der Waals surface area (Å²) in [6.07, 6.45) is 4.68. The first-order chi connectivity index (χ1) is 8.70. The number of carbonyl (C=O) groups is 1. The summed E-state index contributed by atoms with van der Waals surface area (Å²) in [5, 5.41) is 12.8. The first kappa shape index (κ1) is 13.0. The van der Waals surface area contributed by atoms with E-state index in [4.69, 9.17) is 0 Å². The molecule has 6 heteroatoms. The molecule has 18 heavy (non-hydrogen) atoms. The summed E-state index contributed by atoms with van der Waals surface area (Å²) in [7, 11) is 0. The number of carbonyl (C=O) groups excluding carboxylic acids is 1. The molecule has 0 aliphatic carbocycles. The first-order valence-electron chi connectivity index (χ1n) is 6.59. The van der Waals surface area contributed by atoms with Gasteiger partial charge in [0.2, 0.25) is 5.91 Å². The topological polar surface area (TPSA) is 82.7 Å². The summed E-state index contributed by atoms with van der Waals surface area (Å²) in [5.41, 5.74) is 0. The second-order valence-corrected chi connectivity index (χ2v) is 4.91. The van der Waals surface area contributed by atoms with Crippen LogP contribution in [0.1, 0.15) is 45.0 Å². The van der Waals surface area contributed by atoms with Gasteiger partial charge in [0.05, 0.1) is 12.1 Å². The molecule has 6 nitrogen and oxygen atoms in total. The van der Waals surface area contributed by atoms with Crippen LogP contribution in [-0.4, -0.2) is 33.7 Å². The molecule has 2 heterocycles. The molecule has 100 valence electrons. The van der Waals surface area contributed by atoms with Crippen LogP contribution in [0.4, 0.5) is 0 Å². The highest BCUT2D eigenvalue weighted by Crippen LogP contribution is 2.19. The van der Waals surface area contributed by atoms with Crippen molar-refractivity contribution < 1.29 is 4.79 Å². The molecule has 1 fully saturated rings. The van der Waals surface area contributed by atoms with Gasteiger partial charge in [-0.1, -0.05) is 13.3 Å². The summed E-state index contributed by atoms with van der Waals surface area (Å²) < 4.78 is 0. The second-order valence-electron chi connectivity index (χ2n) is 4.91. The van der Waals surface area contributed by atoms with E-state index in [9.17, 15) is 4.79 Å². The third kappa shape index (κ3) is 3.07. The Labute approximate surface area is 107 Å². The minimum Gasteiger partial charge on any atom is -0.345 e. The molecule has 1 saturated heterocycles. The summed E-state index contributed by atoms with van der Waals surface area (Å²) >= 11 is 0. The van der Waals surface area contributed by atoms with Crippen molar-refractivity contribution >= 4 is 5.91 Å². The van der Waals surface area contributed by atoms with E-state index >= 15 is 0 Å². The first-order valence-corrected chi connectivity index (χ1v) is 6.59. The lowest BCUT2D eigenvalue weighted by atomic mass is 9.90.